The van der Waals surface area contributed by atoms with Crippen molar-refractivity contribution in [3.8, 4) is 0 Å². The Kier molecular flexibility index (Phi) is 4.68. The largest absolute Gasteiger partial charge is 0.321 e. The zero-order chi connectivity index (χ0) is 16.2. The summed E-state index contributed by atoms with van der Waals surface area (Å²) in [6.45, 7) is 4.32. The van der Waals surface area contributed by atoms with Crippen LogP contribution in [0.25, 0.3) is 10.8 Å². The molecule has 2 nitrogen and oxygen atoms in total. The molecule has 0 aliphatic rings. The second-order valence-electron chi connectivity index (χ2n) is 5.67. The van der Waals surface area contributed by atoms with E-state index in [0.29, 0.717) is 10.8 Å². The third-order valence-electron chi connectivity index (χ3n) is 3.53. The maximum atomic E-state index is 12.5. The number of nitrogens with one attached hydrogen (secondary N) is 1. The van der Waals surface area contributed by atoms with E-state index >= 15 is 0 Å². The Balaban J connectivity index is 1.81. The number of carbonyl (C=O) groups excluding carboxylic acids is 1. The van der Waals surface area contributed by atoms with Gasteiger partial charge in [0.25, 0.3) is 5.91 Å². The van der Waals surface area contributed by atoms with E-state index < -0.39 is 0 Å². The highest BCUT2D eigenvalue weighted by Gasteiger charge is 2.08. The Morgan fingerprint density at radius 3 is 2.35 bits per heavy atom. The maximum absolute atomic E-state index is 12.5. The second-order valence-corrected chi connectivity index (χ2v) is 7.32. The maximum Gasteiger partial charge on any atom is 0.255 e. The number of carbonyl (C=O) groups is 1. The first kappa shape index (κ1) is 15.6. The predicted molar refractivity (Wildman–Crippen MR) is 99.3 cm³/mol. The van der Waals surface area contributed by atoms with Crippen LogP contribution in [-0.2, 0) is 0 Å². The molecule has 0 unspecified atom stereocenters. The van der Waals surface area contributed by atoms with Crippen molar-refractivity contribution in [2.45, 2.75) is 24.0 Å². The first-order chi connectivity index (χ1) is 11.1. The highest BCUT2D eigenvalue weighted by molar-refractivity contribution is 7.99. The van der Waals surface area contributed by atoms with E-state index in [9.17, 15) is 4.79 Å². The van der Waals surface area contributed by atoms with Crippen LogP contribution in [0.2, 0.25) is 0 Å². The quantitative estimate of drug-likeness (QED) is 0.634. The molecule has 116 valence electrons. The van der Waals surface area contributed by atoms with Gasteiger partial charge in [0.05, 0.1) is 0 Å². The van der Waals surface area contributed by atoms with Gasteiger partial charge in [-0.15, -0.1) is 11.8 Å². The van der Waals surface area contributed by atoms with Gasteiger partial charge in [0.15, 0.2) is 0 Å². The minimum atomic E-state index is -0.0811. The zero-order valence-corrected chi connectivity index (χ0v) is 14.1. The van der Waals surface area contributed by atoms with Crippen LogP contribution in [0.5, 0.6) is 0 Å². The van der Waals surface area contributed by atoms with E-state index in [4.69, 9.17) is 0 Å². The summed E-state index contributed by atoms with van der Waals surface area (Å²) >= 11 is 1.79. The third-order valence-corrected chi connectivity index (χ3v) is 4.54. The molecule has 0 aromatic heterocycles. The van der Waals surface area contributed by atoms with Crippen molar-refractivity contribution >= 4 is 34.1 Å². The van der Waals surface area contributed by atoms with Crippen LogP contribution in [0.1, 0.15) is 24.2 Å². The number of benzene rings is 3. The summed E-state index contributed by atoms with van der Waals surface area (Å²) in [7, 11) is 0. The van der Waals surface area contributed by atoms with Crippen molar-refractivity contribution in [1.82, 2.24) is 0 Å². The number of hydrogen-bond donors (Lipinski definition) is 1. The first-order valence-electron chi connectivity index (χ1n) is 7.69. The first-order valence-corrected chi connectivity index (χ1v) is 8.57. The fourth-order valence-corrected chi connectivity index (χ4v) is 3.32. The van der Waals surface area contributed by atoms with Gasteiger partial charge < -0.3 is 5.32 Å². The minimum absolute atomic E-state index is 0.0811. The Bertz CT molecular complexity index is 819. The molecule has 0 heterocycles. The number of anilines is 1. The van der Waals surface area contributed by atoms with Crippen molar-refractivity contribution in [3.63, 3.8) is 0 Å². The number of thioether (sulfide) groups is 1. The molecule has 1 N–H and O–H groups in total. The van der Waals surface area contributed by atoms with Crippen molar-refractivity contribution in [1.29, 1.82) is 0 Å². The van der Waals surface area contributed by atoms with E-state index in [-0.39, 0.29) is 5.91 Å². The van der Waals surface area contributed by atoms with Gasteiger partial charge >= 0.3 is 0 Å². The molecule has 1 amide bonds. The van der Waals surface area contributed by atoms with Crippen LogP contribution < -0.4 is 5.32 Å². The van der Waals surface area contributed by atoms with E-state index in [1.165, 1.54) is 4.90 Å². The summed E-state index contributed by atoms with van der Waals surface area (Å²) in [5.41, 5.74) is 1.51. The lowest BCUT2D eigenvalue weighted by molar-refractivity contribution is 0.102. The Hall–Kier alpha value is -2.26. The fraction of sp³-hybridized carbons (Fsp3) is 0.150. The number of amides is 1. The molecule has 3 rings (SSSR count). The average molecular weight is 321 g/mol. The van der Waals surface area contributed by atoms with Gasteiger partial charge in [-0.25, -0.2) is 0 Å². The van der Waals surface area contributed by atoms with Crippen molar-refractivity contribution in [3.05, 3.63) is 72.3 Å². The smallest absolute Gasteiger partial charge is 0.255 e. The van der Waals surface area contributed by atoms with Crippen LogP contribution >= 0.6 is 11.8 Å². The second kappa shape index (κ2) is 6.88. The standard InChI is InChI=1S/C20H19NOS/c1-14(2)23-17-12-10-16(11-13-17)20(22)21-19-9-5-7-15-6-3-4-8-18(15)19/h3-14H,1-2H3,(H,21,22). The number of hydrogen-bond acceptors (Lipinski definition) is 2. The summed E-state index contributed by atoms with van der Waals surface area (Å²) in [4.78, 5) is 13.7. The molecule has 0 aliphatic carbocycles. The molecule has 0 aliphatic heterocycles. The molecule has 23 heavy (non-hydrogen) atoms. The summed E-state index contributed by atoms with van der Waals surface area (Å²) < 4.78 is 0. The molecule has 0 bridgehead atoms. The summed E-state index contributed by atoms with van der Waals surface area (Å²) in [6, 6.07) is 21.7. The topological polar surface area (TPSA) is 29.1 Å². The number of fused-ring (bicyclic) bond motifs is 1. The molecule has 0 radical (unpaired) electrons. The fourth-order valence-electron chi connectivity index (χ4n) is 2.49. The predicted octanol–water partition coefficient (Wildman–Crippen LogP) is 5.59. The molecular formula is C20H19NOS. The van der Waals surface area contributed by atoms with Gasteiger partial charge in [-0.3, -0.25) is 4.79 Å². The highest BCUT2D eigenvalue weighted by Crippen LogP contribution is 2.25. The lowest BCUT2D eigenvalue weighted by Crippen LogP contribution is -2.12. The third kappa shape index (κ3) is 3.74. The van der Waals surface area contributed by atoms with Gasteiger partial charge in [0.1, 0.15) is 0 Å². The van der Waals surface area contributed by atoms with Crippen molar-refractivity contribution in [2.24, 2.45) is 0 Å². The normalized spacial score (nSPS) is 10.9. The molecular weight excluding hydrogens is 302 g/mol. The van der Waals surface area contributed by atoms with Crippen LogP contribution in [-0.4, -0.2) is 11.2 Å². The van der Waals surface area contributed by atoms with Crippen LogP contribution in [0.4, 0.5) is 5.69 Å². The lowest BCUT2D eigenvalue weighted by atomic mass is 10.1. The molecule has 0 saturated heterocycles. The Morgan fingerprint density at radius 2 is 1.61 bits per heavy atom. The number of rotatable bonds is 4. The zero-order valence-electron chi connectivity index (χ0n) is 13.2. The summed E-state index contributed by atoms with van der Waals surface area (Å²) in [5, 5.41) is 5.72. The van der Waals surface area contributed by atoms with Crippen molar-refractivity contribution < 1.29 is 4.79 Å². The van der Waals surface area contributed by atoms with Gasteiger partial charge in [-0.05, 0) is 35.7 Å². The van der Waals surface area contributed by atoms with Crippen LogP contribution in [0, 0.1) is 0 Å². The Morgan fingerprint density at radius 1 is 0.913 bits per heavy atom. The van der Waals surface area contributed by atoms with Gasteiger partial charge in [-0.1, -0.05) is 50.2 Å². The average Bonchev–Trinajstić information content (AvgIpc) is 2.55. The highest BCUT2D eigenvalue weighted by atomic mass is 32.2. The van der Waals surface area contributed by atoms with Crippen molar-refractivity contribution in [2.75, 3.05) is 5.32 Å². The molecule has 0 atom stereocenters. The van der Waals surface area contributed by atoms with Gasteiger partial charge in [-0.2, -0.15) is 0 Å². The summed E-state index contributed by atoms with van der Waals surface area (Å²) in [5.74, 6) is -0.0811. The SMILES string of the molecule is CC(C)Sc1ccc(C(=O)Nc2cccc3ccccc23)cc1. The van der Waals surface area contributed by atoms with E-state index in [1.54, 1.807) is 11.8 Å². The summed E-state index contributed by atoms with van der Waals surface area (Å²) in [6.07, 6.45) is 0. The molecule has 0 saturated carbocycles. The lowest BCUT2D eigenvalue weighted by Gasteiger charge is -2.10. The van der Waals surface area contributed by atoms with E-state index in [0.717, 1.165) is 16.5 Å². The van der Waals surface area contributed by atoms with Gasteiger partial charge in [0.2, 0.25) is 0 Å². The van der Waals surface area contributed by atoms with E-state index in [1.807, 2.05) is 66.7 Å². The van der Waals surface area contributed by atoms with Crippen LogP contribution in [0.3, 0.4) is 0 Å². The Labute approximate surface area is 140 Å². The monoisotopic (exact) mass is 321 g/mol. The molecule has 3 aromatic rings. The van der Waals surface area contributed by atoms with Gasteiger partial charge in [0, 0.05) is 26.8 Å². The van der Waals surface area contributed by atoms with E-state index in [2.05, 4.69) is 19.2 Å². The molecule has 3 heteroatoms. The van der Waals surface area contributed by atoms with Crippen LogP contribution in [0.15, 0.2) is 71.6 Å². The molecule has 0 fully saturated rings. The molecule has 0 spiro atoms. The minimum Gasteiger partial charge on any atom is -0.321 e. The molecule has 3 aromatic carbocycles.